The number of Topliss-reactive ketones (excluding diaryl/α,β-unsaturated/α-hetero) is 1. The molecule has 1 N–H and O–H groups in total. The molecule has 0 spiro atoms. The monoisotopic (exact) mass is 209 g/mol. The quantitative estimate of drug-likeness (QED) is 0.755. The number of carbonyl (C=O) groups is 1. The third kappa shape index (κ3) is 2.60. The van der Waals surface area contributed by atoms with Crippen LogP contribution in [0.25, 0.3) is 0 Å². The minimum Gasteiger partial charge on any atom is -0.316 e. The molecule has 0 radical (unpaired) electrons. The molecule has 2 rings (SSSR count). The Hall–Kier alpha value is -0.370. The van der Waals surface area contributed by atoms with Crippen molar-refractivity contribution in [3.63, 3.8) is 0 Å². The summed E-state index contributed by atoms with van der Waals surface area (Å²) in [4.78, 5) is 12.3. The van der Waals surface area contributed by atoms with Crippen molar-refractivity contribution in [3.8, 4) is 0 Å². The molecule has 1 saturated heterocycles. The second kappa shape index (κ2) is 4.65. The third-order valence-electron chi connectivity index (χ3n) is 4.04. The molecule has 1 heterocycles. The smallest absolute Gasteiger partial charge is 0.140 e. The summed E-state index contributed by atoms with van der Waals surface area (Å²) >= 11 is 0. The standard InChI is InChI=1S/C13H23NO/c1-9-5-10(2)7-12(6-9)13(15)11-3-4-14-8-11/h9-12,14H,3-8H2,1-2H3. The predicted molar refractivity (Wildman–Crippen MR) is 61.7 cm³/mol. The summed E-state index contributed by atoms with van der Waals surface area (Å²) in [5.41, 5.74) is 0. The van der Waals surface area contributed by atoms with Crippen LogP contribution in [0.4, 0.5) is 0 Å². The number of carbonyl (C=O) groups excluding carboxylic acids is 1. The van der Waals surface area contributed by atoms with Gasteiger partial charge in [-0.15, -0.1) is 0 Å². The lowest BCUT2D eigenvalue weighted by Crippen LogP contribution is -2.31. The van der Waals surface area contributed by atoms with Gasteiger partial charge in [0.2, 0.25) is 0 Å². The Morgan fingerprint density at radius 2 is 1.73 bits per heavy atom. The lowest BCUT2D eigenvalue weighted by atomic mass is 9.73. The molecule has 1 aliphatic carbocycles. The van der Waals surface area contributed by atoms with E-state index >= 15 is 0 Å². The molecule has 0 amide bonds. The fraction of sp³-hybridized carbons (Fsp3) is 0.923. The van der Waals surface area contributed by atoms with E-state index in [9.17, 15) is 4.79 Å². The van der Waals surface area contributed by atoms with Crippen LogP contribution in [0.5, 0.6) is 0 Å². The van der Waals surface area contributed by atoms with Crippen LogP contribution in [-0.2, 0) is 4.79 Å². The Bertz CT molecular complexity index is 223. The summed E-state index contributed by atoms with van der Waals surface area (Å²) in [5.74, 6) is 2.74. The van der Waals surface area contributed by atoms with Gasteiger partial charge in [0.25, 0.3) is 0 Å². The van der Waals surface area contributed by atoms with Gasteiger partial charge in [-0.2, -0.15) is 0 Å². The van der Waals surface area contributed by atoms with Gasteiger partial charge in [0.05, 0.1) is 0 Å². The minimum absolute atomic E-state index is 0.326. The van der Waals surface area contributed by atoms with Gasteiger partial charge < -0.3 is 5.32 Å². The third-order valence-corrected chi connectivity index (χ3v) is 4.04. The highest BCUT2D eigenvalue weighted by molar-refractivity contribution is 5.84. The molecule has 2 heteroatoms. The zero-order valence-electron chi connectivity index (χ0n) is 9.96. The molecule has 0 aromatic heterocycles. The number of nitrogens with one attached hydrogen (secondary N) is 1. The van der Waals surface area contributed by atoms with Crippen LogP contribution in [0.1, 0.15) is 39.5 Å². The fourth-order valence-corrected chi connectivity index (χ4v) is 3.41. The van der Waals surface area contributed by atoms with Crippen LogP contribution in [-0.4, -0.2) is 18.9 Å². The molecule has 15 heavy (non-hydrogen) atoms. The van der Waals surface area contributed by atoms with E-state index in [2.05, 4.69) is 19.2 Å². The van der Waals surface area contributed by atoms with Crippen LogP contribution in [0.3, 0.4) is 0 Å². The van der Waals surface area contributed by atoms with Gasteiger partial charge in [-0.05, 0) is 44.1 Å². The molecular weight excluding hydrogens is 186 g/mol. The van der Waals surface area contributed by atoms with Crippen molar-refractivity contribution in [1.82, 2.24) is 5.32 Å². The highest BCUT2D eigenvalue weighted by Crippen LogP contribution is 2.35. The van der Waals surface area contributed by atoms with Gasteiger partial charge in [-0.25, -0.2) is 0 Å². The molecule has 0 bridgehead atoms. The van der Waals surface area contributed by atoms with Crippen molar-refractivity contribution in [1.29, 1.82) is 0 Å². The Balaban J connectivity index is 1.93. The molecule has 2 nitrogen and oxygen atoms in total. The van der Waals surface area contributed by atoms with Crippen molar-refractivity contribution in [2.24, 2.45) is 23.7 Å². The average Bonchev–Trinajstić information content (AvgIpc) is 2.67. The zero-order valence-corrected chi connectivity index (χ0v) is 9.96. The highest BCUT2D eigenvalue weighted by Gasteiger charge is 2.33. The number of ketones is 1. The summed E-state index contributed by atoms with van der Waals surface area (Å²) in [6.45, 7) is 6.55. The summed E-state index contributed by atoms with van der Waals surface area (Å²) in [6.07, 6.45) is 4.66. The normalized spacial score (nSPS) is 41.7. The van der Waals surface area contributed by atoms with Crippen molar-refractivity contribution in [3.05, 3.63) is 0 Å². The van der Waals surface area contributed by atoms with Crippen LogP contribution in [0.2, 0.25) is 0 Å². The number of hydrogen-bond acceptors (Lipinski definition) is 2. The van der Waals surface area contributed by atoms with E-state index in [0.717, 1.165) is 44.2 Å². The first kappa shape index (κ1) is 11.1. The second-order valence-electron chi connectivity index (χ2n) is 5.71. The van der Waals surface area contributed by atoms with Crippen LogP contribution in [0.15, 0.2) is 0 Å². The van der Waals surface area contributed by atoms with E-state index in [1.165, 1.54) is 6.42 Å². The van der Waals surface area contributed by atoms with E-state index in [1.54, 1.807) is 0 Å². The zero-order chi connectivity index (χ0) is 10.8. The molecule has 0 aromatic rings. The van der Waals surface area contributed by atoms with Gasteiger partial charge in [0.15, 0.2) is 0 Å². The summed E-state index contributed by atoms with van der Waals surface area (Å²) in [6, 6.07) is 0. The van der Waals surface area contributed by atoms with Gasteiger partial charge in [-0.1, -0.05) is 13.8 Å². The summed E-state index contributed by atoms with van der Waals surface area (Å²) < 4.78 is 0. The van der Waals surface area contributed by atoms with Gasteiger partial charge >= 0.3 is 0 Å². The molecule has 2 fully saturated rings. The Morgan fingerprint density at radius 3 is 2.27 bits per heavy atom. The van der Waals surface area contributed by atoms with Crippen LogP contribution < -0.4 is 5.32 Å². The van der Waals surface area contributed by atoms with E-state index in [1.807, 2.05) is 0 Å². The van der Waals surface area contributed by atoms with Crippen molar-refractivity contribution >= 4 is 5.78 Å². The number of rotatable bonds is 2. The summed E-state index contributed by atoms with van der Waals surface area (Å²) in [7, 11) is 0. The topological polar surface area (TPSA) is 29.1 Å². The van der Waals surface area contributed by atoms with Crippen molar-refractivity contribution in [2.45, 2.75) is 39.5 Å². The predicted octanol–water partition coefficient (Wildman–Crippen LogP) is 2.24. The Labute approximate surface area is 92.8 Å². The molecular formula is C13H23NO. The van der Waals surface area contributed by atoms with Crippen molar-refractivity contribution in [2.75, 3.05) is 13.1 Å². The molecule has 86 valence electrons. The first-order valence-electron chi connectivity index (χ1n) is 6.41. The van der Waals surface area contributed by atoms with Crippen LogP contribution >= 0.6 is 0 Å². The molecule has 3 atom stereocenters. The Morgan fingerprint density at radius 1 is 1.07 bits per heavy atom. The fourth-order valence-electron chi connectivity index (χ4n) is 3.41. The maximum absolute atomic E-state index is 12.3. The second-order valence-corrected chi connectivity index (χ2v) is 5.71. The lowest BCUT2D eigenvalue weighted by Gasteiger charge is -2.31. The first-order valence-corrected chi connectivity index (χ1v) is 6.41. The largest absolute Gasteiger partial charge is 0.316 e. The van der Waals surface area contributed by atoms with Gasteiger partial charge in [0.1, 0.15) is 5.78 Å². The number of hydrogen-bond donors (Lipinski definition) is 1. The summed E-state index contributed by atoms with van der Waals surface area (Å²) in [5, 5.41) is 3.29. The molecule has 1 aliphatic heterocycles. The Kier molecular flexibility index (Phi) is 3.45. The maximum atomic E-state index is 12.3. The molecule has 2 aliphatic rings. The molecule has 0 aromatic carbocycles. The van der Waals surface area contributed by atoms with E-state index in [-0.39, 0.29) is 0 Å². The minimum atomic E-state index is 0.326. The van der Waals surface area contributed by atoms with Crippen molar-refractivity contribution < 1.29 is 4.79 Å². The van der Waals surface area contributed by atoms with E-state index < -0.39 is 0 Å². The van der Waals surface area contributed by atoms with E-state index in [0.29, 0.717) is 17.6 Å². The van der Waals surface area contributed by atoms with E-state index in [4.69, 9.17) is 0 Å². The van der Waals surface area contributed by atoms with Crippen LogP contribution in [0, 0.1) is 23.7 Å². The first-order chi connectivity index (χ1) is 7.16. The molecule has 3 unspecified atom stereocenters. The lowest BCUT2D eigenvalue weighted by molar-refractivity contribution is -0.128. The maximum Gasteiger partial charge on any atom is 0.140 e. The SMILES string of the molecule is CC1CC(C)CC(C(=O)C2CCNC2)C1. The average molecular weight is 209 g/mol. The van der Waals surface area contributed by atoms with Gasteiger partial charge in [-0.3, -0.25) is 4.79 Å². The molecule has 1 saturated carbocycles. The van der Waals surface area contributed by atoms with Gasteiger partial charge in [0, 0.05) is 18.4 Å². The highest BCUT2D eigenvalue weighted by atomic mass is 16.1.